The lowest BCUT2D eigenvalue weighted by Gasteiger charge is -2.41. The predicted molar refractivity (Wildman–Crippen MR) is 101 cm³/mol. The highest BCUT2D eigenvalue weighted by Crippen LogP contribution is 2.41. The molecule has 0 saturated heterocycles. The number of rotatable bonds is 4. The van der Waals surface area contributed by atoms with E-state index in [1.807, 2.05) is 31.4 Å². The number of nitriles is 1. The van der Waals surface area contributed by atoms with Gasteiger partial charge in [-0.05, 0) is 51.3 Å². The van der Waals surface area contributed by atoms with Crippen LogP contribution in [0.4, 0.5) is 0 Å². The van der Waals surface area contributed by atoms with Crippen LogP contribution in [0.2, 0.25) is 0 Å². The zero-order valence-corrected chi connectivity index (χ0v) is 16.3. The van der Waals surface area contributed by atoms with E-state index in [0.29, 0.717) is 12.0 Å². The van der Waals surface area contributed by atoms with Crippen molar-refractivity contribution in [2.45, 2.75) is 50.4 Å². The van der Waals surface area contributed by atoms with Crippen molar-refractivity contribution >= 4 is 17.3 Å². The Morgan fingerprint density at radius 3 is 2.85 bits per heavy atom. The summed E-state index contributed by atoms with van der Waals surface area (Å²) in [7, 11) is 0. The van der Waals surface area contributed by atoms with Gasteiger partial charge in [0, 0.05) is 17.9 Å². The summed E-state index contributed by atoms with van der Waals surface area (Å²) in [5, 5.41) is 19.0. The monoisotopic (exact) mass is 386 g/mol. The highest BCUT2D eigenvalue weighted by molar-refractivity contribution is 7.90. The molecule has 27 heavy (non-hydrogen) atoms. The van der Waals surface area contributed by atoms with Crippen LogP contribution >= 0.6 is 0 Å². The van der Waals surface area contributed by atoms with Gasteiger partial charge in [-0.15, -0.1) is 4.72 Å². The summed E-state index contributed by atoms with van der Waals surface area (Å²) < 4.78 is 17.7. The fraction of sp³-hybridized carbons (Fsp3) is 0.421. The maximum absolute atomic E-state index is 13.0. The van der Waals surface area contributed by atoms with E-state index >= 15 is 0 Å². The summed E-state index contributed by atoms with van der Waals surface area (Å²) in [4.78, 5) is 16.2. The van der Waals surface area contributed by atoms with E-state index in [0.717, 1.165) is 18.7 Å². The van der Waals surface area contributed by atoms with E-state index in [-0.39, 0.29) is 11.1 Å². The summed E-state index contributed by atoms with van der Waals surface area (Å²) in [6.45, 7) is 6.35. The number of carbonyl (C=O) groups is 1. The molecular weight excluding hydrogens is 364 g/mol. The number of imidazole rings is 1. The molecule has 2 atom stereocenters. The van der Waals surface area contributed by atoms with E-state index in [1.54, 1.807) is 24.7 Å². The molecule has 0 radical (unpaired) electrons. The van der Waals surface area contributed by atoms with Crippen molar-refractivity contribution in [2.75, 3.05) is 0 Å². The third-order valence-electron chi connectivity index (χ3n) is 4.76. The van der Waals surface area contributed by atoms with Gasteiger partial charge in [0.1, 0.15) is 10.3 Å². The summed E-state index contributed by atoms with van der Waals surface area (Å²) in [6.07, 6.45) is 4.74. The maximum Gasteiger partial charge on any atom is 0.336 e. The topological polar surface area (TPSA) is 114 Å². The number of fused-ring (bicyclic) bond motifs is 1. The lowest BCUT2D eigenvalue weighted by molar-refractivity contribution is 0.0693. The van der Waals surface area contributed by atoms with E-state index in [4.69, 9.17) is 5.26 Å². The first-order valence-electron chi connectivity index (χ1n) is 8.67. The molecule has 1 aliphatic rings. The molecule has 1 aliphatic heterocycles. The minimum absolute atomic E-state index is 0.0297. The molecule has 7 nitrogen and oxygen atoms in total. The molecule has 0 spiro atoms. The number of hydrogen-bond donors (Lipinski definition) is 2. The van der Waals surface area contributed by atoms with Crippen molar-refractivity contribution in [3.8, 4) is 6.07 Å². The standard InChI is InChI=1S/C19H22N4O3S/c1-18(2,3)27(26)22-19(7-4-8-23-12-21-11-16(19)23)15-6-5-13(10-20)9-14(15)17(24)25/h5-6,9,11-12,22H,4,7-8H2,1-3H3,(H,24,25). The molecule has 0 saturated carbocycles. The van der Waals surface area contributed by atoms with Crippen LogP contribution in [0.1, 0.15) is 60.8 Å². The van der Waals surface area contributed by atoms with Crippen LogP contribution in [0.3, 0.4) is 0 Å². The van der Waals surface area contributed by atoms with Gasteiger partial charge in [0.2, 0.25) is 0 Å². The zero-order valence-electron chi connectivity index (χ0n) is 15.5. The predicted octanol–water partition coefficient (Wildman–Crippen LogP) is 2.54. The number of carboxylic acid groups (broad SMARTS) is 1. The number of aryl methyl sites for hydroxylation is 1. The Morgan fingerprint density at radius 1 is 1.48 bits per heavy atom. The summed E-state index contributed by atoms with van der Waals surface area (Å²) in [6, 6.07) is 6.60. The molecule has 0 amide bonds. The largest absolute Gasteiger partial charge is 0.598 e. The maximum atomic E-state index is 13.0. The van der Waals surface area contributed by atoms with Gasteiger partial charge in [0.15, 0.2) is 0 Å². The molecule has 1 aromatic heterocycles. The first-order valence-corrected chi connectivity index (χ1v) is 9.82. The Labute approximate surface area is 161 Å². The highest BCUT2D eigenvalue weighted by atomic mass is 32.2. The summed E-state index contributed by atoms with van der Waals surface area (Å²) >= 11 is -1.44. The average molecular weight is 386 g/mol. The van der Waals surface area contributed by atoms with Crippen molar-refractivity contribution in [1.82, 2.24) is 14.3 Å². The van der Waals surface area contributed by atoms with Crippen LogP contribution < -0.4 is 4.72 Å². The number of aromatic carboxylic acids is 1. The lowest BCUT2D eigenvalue weighted by atomic mass is 9.79. The Bertz CT molecular complexity index is 912. The van der Waals surface area contributed by atoms with E-state index < -0.39 is 27.6 Å². The van der Waals surface area contributed by atoms with Crippen molar-refractivity contribution in [3.05, 3.63) is 53.1 Å². The molecular formula is C19H22N4O3S. The molecule has 2 heterocycles. The van der Waals surface area contributed by atoms with Gasteiger partial charge in [0.25, 0.3) is 0 Å². The molecule has 2 N–H and O–H groups in total. The Kier molecular flexibility index (Phi) is 5.04. The average Bonchev–Trinajstić information content (AvgIpc) is 3.10. The van der Waals surface area contributed by atoms with Crippen molar-refractivity contribution in [3.63, 3.8) is 0 Å². The van der Waals surface area contributed by atoms with Crippen LogP contribution in [-0.2, 0) is 23.4 Å². The SMILES string of the molecule is CC(C)(C)[S+]([O-])NC1(c2ccc(C#N)cc2C(=O)O)CCCn2cncc21. The number of carboxylic acids is 1. The lowest BCUT2D eigenvalue weighted by Crippen LogP contribution is -2.54. The third kappa shape index (κ3) is 3.46. The smallest absolute Gasteiger partial charge is 0.336 e. The molecule has 8 heteroatoms. The highest BCUT2D eigenvalue weighted by Gasteiger charge is 2.47. The number of nitrogens with one attached hydrogen (secondary N) is 1. The first kappa shape index (κ1) is 19.4. The summed E-state index contributed by atoms with van der Waals surface area (Å²) in [5.74, 6) is -1.12. The van der Waals surface area contributed by atoms with E-state index in [9.17, 15) is 14.5 Å². The Hall–Kier alpha value is -2.34. The minimum atomic E-state index is -1.44. The molecule has 0 aliphatic carbocycles. The summed E-state index contributed by atoms with van der Waals surface area (Å²) in [5.41, 5.74) is 0.607. The normalized spacial score (nSPS) is 20.6. The van der Waals surface area contributed by atoms with Crippen LogP contribution in [0, 0.1) is 11.3 Å². The van der Waals surface area contributed by atoms with Crippen LogP contribution in [-0.4, -0.2) is 29.9 Å². The number of hydrogen-bond acceptors (Lipinski definition) is 5. The van der Waals surface area contributed by atoms with Gasteiger partial charge in [0.05, 0.1) is 35.4 Å². The fourth-order valence-electron chi connectivity index (χ4n) is 3.40. The van der Waals surface area contributed by atoms with Gasteiger partial charge >= 0.3 is 5.97 Å². The molecule has 3 rings (SSSR count). The number of aromatic nitrogens is 2. The van der Waals surface area contributed by atoms with Gasteiger partial charge in [-0.1, -0.05) is 6.07 Å². The van der Waals surface area contributed by atoms with Crippen molar-refractivity contribution in [1.29, 1.82) is 5.26 Å². The molecule has 0 bridgehead atoms. The molecule has 0 fully saturated rings. The quantitative estimate of drug-likeness (QED) is 0.781. The molecule has 1 aromatic carbocycles. The van der Waals surface area contributed by atoms with E-state index in [1.165, 1.54) is 6.07 Å². The zero-order chi connectivity index (χ0) is 19.8. The third-order valence-corrected chi connectivity index (χ3v) is 6.41. The second-order valence-electron chi connectivity index (χ2n) is 7.64. The molecule has 2 aromatic rings. The fourth-order valence-corrected chi connectivity index (χ4v) is 4.34. The van der Waals surface area contributed by atoms with E-state index in [2.05, 4.69) is 9.71 Å². The second kappa shape index (κ2) is 7.00. The van der Waals surface area contributed by atoms with Gasteiger partial charge in [-0.25, -0.2) is 9.78 Å². The van der Waals surface area contributed by atoms with Gasteiger partial charge in [-0.3, -0.25) is 0 Å². The first-order chi connectivity index (χ1) is 12.7. The van der Waals surface area contributed by atoms with Gasteiger partial charge in [-0.2, -0.15) is 5.26 Å². The molecule has 2 unspecified atom stereocenters. The van der Waals surface area contributed by atoms with Crippen LogP contribution in [0.15, 0.2) is 30.7 Å². The minimum Gasteiger partial charge on any atom is -0.598 e. The second-order valence-corrected chi connectivity index (χ2v) is 9.61. The number of benzene rings is 1. The Morgan fingerprint density at radius 2 is 2.22 bits per heavy atom. The van der Waals surface area contributed by atoms with Crippen LogP contribution in [0.25, 0.3) is 0 Å². The van der Waals surface area contributed by atoms with Crippen molar-refractivity contribution in [2.24, 2.45) is 0 Å². The van der Waals surface area contributed by atoms with Gasteiger partial charge < -0.3 is 14.2 Å². The van der Waals surface area contributed by atoms with Crippen LogP contribution in [0.5, 0.6) is 0 Å². The van der Waals surface area contributed by atoms with Crippen molar-refractivity contribution < 1.29 is 14.5 Å². The Balaban J connectivity index is 2.25. The molecule has 142 valence electrons. The number of nitrogens with zero attached hydrogens (tertiary/aromatic N) is 3.